The molecule has 9 nitrogen and oxygen atoms in total. The molecule has 10 heteroatoms. The number of hydrogen-bond donors (Lipinski definition) is 2. The van der Waals surface area contributed by atoms with Crippen molar-refractivity contribution in [2.75, 3.05) is 26.1 Å². The van der Waals surface area contributed by atoms with Crippen LogP contribution in [-0.4, -0.2) is 43.4 Å². The third-order valence-corrected chi connectivity index (χ3v) is 5.75. The van der Waals surface area contributed by atoms with E-state index in [2.05, 4.69) is 15.6 Å². The van der Waals surface area contributed by atoms with Gasteiger partial charge in [0.25, 0.3) is 5.88 Å². The summed E-state index contributed by atoms with van der Waals surface area (Å²) in [6, 6.07) is 3.82. The van der Waals surface area contributed by atoms with Crippen LogP contribution in [0, 0.1) is 0 Å². The molecule has 1 aliphatic heterocycles. The first-order chi connectivity index (χ1) is 14.2. The minimum atomic E-state index is -0.603. The minimum Gasteiger partial charge on any atom is -0.477 e. The maximum Gasteiger partial charge on any atom is 0.407 e. The van der Waals surface area contributed by atoms with Gasteiger partial charge in [-0.3, -0.25) is 0 Å². The summed E-state index contributed by atoms with van der Waals surface area (Å²) in [4.78, 5) is 29.6. The van der Waals surface area contributed by atoms with Gasteiger partial charge in [-0.2, -0.15) is 4.57 Å². The average Bonchev–Trinajstić information content (AvgIpc) is 3.07. The summed E-state index contributed by atoms with van der Waals surface area (Å²) in [5.74, 6) is 0.0263. The van der Waals surface area contributed by atoms with Gasteiger partial charge < -0.3 is 24.8 Å². The Kier molecular flexibility index (Phi) is 4.89. The van der Waals surface area contributed by atoms with Gasteiger partial charge in [-0.05, 0) is 32.9 Å². The Labute approximate surface area is 176 Å². The molecule has 0 saturated heterocycles. The van der Waals surface area contributed by atoms with Crippen LogP contribution < -0.4 is 19.9 Å². The predicted molar refractivity (Wildman–Crippen MR) is 112 cm³/mol. The number of anilines is 1. The Hall–Kier alpha value is -3.14. The SMILES string of the molecule is COC(=O)c1sc2ccc3nc(OC)c[n+]4c3c2c1NC4CNC(=O)OC(C)(C)C. The zero-order chi connectivity index (χ0) is 21.6. The fraction of sp³-hybridized carbons (Fsp3) is 0.400. The number of esters is 1. The van der Waals surface area contributed by atoms with Crippen LogP contribution in [0.25, 0.3) is 21.1 Å². The van der Waals surface area contributed by atoms with Crippen LogP contribution in [-0.2, 0) is 9.47 Å². The number of amides is 1. The molecular weight excluding hydrogens is 408 g/mol. The second kappa shape index (κ2) is 7.28. The maximum atomic E-state index is 12.4. The smallest absolute Gasteiger partial charge is 0.407 e. The van der Waals surface area contributed by atoms with E-state index in [1.807, 2.05) is 16.7 Å². The third-order valence-electron chi connectivity index (χ3n) is 4.61. The van der Waals surface area contributed by atoms with Gasteiger partial charge in [-0.15, -0.1) is 11.3 Å². The van der Waals surface area contributed by atoms with Crippen molar-refractivity contribution in [2.24, 2.45) is 0 Å². The molecule has 1 aliphatic rings. The van der Waals surface area contributed by atoms with Crippen molar-refractivity contribution in [1.82, 2.24) is 10.3 Å². The first-order valence-electron chi connectivity index (χ1n) is 9.39. The Balaban J connectivity index is 1.81. The van der Waals surface area contributed by atoms with Crippen molar-refractivity contribution in [1.29, 1.82) is 0 Å². The molecule has 158 valence electrons. The van der Waals surface area contributed by atoms with Crippen molar-refractivity contribution >= 4 is 50.2 Å². The lowest BCUT2D eigenvalue weighted by Crippen LogP contribution is -2.52. The van der Waals surface area contributed by atoms with Crippen molar-refractivity contribution in [3.05, 3.63) is 23.2 Å². The molecule has 30 heavy (non-hydrogen) atoms. The minimum absolute atomic E-state index is 0.216. The number of carbonyl (C=O) groups excluding carboxylic acids is 2. The largest absolute Gasteiger partial charge is 0.477 e. The fourth-order valence-electron chi connectivity index (χ4n) is 3.44. The van der Waals surface area contributed by atoms with Crippen LogP contribution in [0.1, 0.15) is 36.6 Å². The Morgan fingerprint density at radius 1 is 1.30 bits per heavy atom. The summed E-state index contributed by atoms with van der Waals surface area (Å²) in [6.07, 6.45) is 0.854. The van der Waals surface area contributed by atoms with Crippen LogP contribution in [0.3, 0.4) is 0 Å². The molecule has 1 atom stereocenters. The third kappa shape index (κ3) is 3.47. The number of nitrogens with zero attached hydrogens (tertiary/aromatic N) is 2. The molecule has 0 bridgehead atoms. The number of thiophene rings is 1. The van der Waals surface area contributed by atoms with Gasteiger partial charge in [-0.1, -0.05) is 0 Å². The van der Waals surface area contributed by atoms with Gasteiger partial charge in [0.15, 0.2) is 0 Å². The van der Waals surface area contributed by atoms with Crippen LogP contribution in [0.4, 0.5) is 10.5 Å². The van der Waals surface area contributed by atoms with Gasteiger partial charge >= 0.3 is 12.1 Å². The molecule has 0 spiro atoms. The summed E-state index contributed by atoms with van der Waals surface area (Å²) in [6.45, 7) is 5.63. The molecule has 4 rings (SSSR count). The van der Waals surface area contributed by atoms with E-state index in [4.69, 9.17) is 14.2 Å². The standard InChI is InChI=1S/C20H22N4O5S/c1-20(2,3)29-19(26)21-8-12-23-15-14-11(30-17(15)18(25)28-5)7-6-10-16(14)24(12)9-13(22-10)27-4/h6-7,9,12H,8H2,1-5H3,(H-,21,23,25,26)/p+1. The molecule has 2 N–H and O–H groups in total. The summed E-state index contributed by atoms with van der Waals surface area (Å²) < 4.78 is 18.6. The van der Waals surface area contributed by atoms with Gasteiger partial charge in [0.1, 0.15) is 22.5 Å². The lowest BCUT2D eigenvalue weighted by Gasteiger charge is -2.23. The van der Waals surface area contributed by atoms with E-state index in [1.54, 1.807) is 34.1 Å². The highest BCUT2D eigenvalue weighted by Gasteiger charge is 2.36. The molecular formula is C20H23N4O5S+. The highest BCUT2D eigenvalue weighted by atomic mass is 32.1. The zero-order valence-corrected chi connectivity index (χ0v) is 18.2. The summed E-state index contributed by atoms with van der Waals surface area (Å²) >= 11 is 1.35. The lowest BCUT2D eigenvalue weighted by molar-refractivity contribution is -0.690. The molecule has 0 saturated carbocycles. The van der Waals surface area contributed by atoms with Crippen LogP contribution in [0.15, 0.2) is 18.3 Å². The van der Waals surface area contributed by atoms with Crippen LogP contribution >= 0.6 is 11.3 Å². The number of nitrogens with one attached hydrogen (secondary N) is 2. The van der Waals surface area contributed by atoms with E-state index >= 15 is 0 Å². The highest BCUT2D eigenvalue weighted by Crippen LogP contribution is 2.42. The van der Waals surface area contributed by atoms with E-state index in [-0.39, 0.29) is 6.54 Å². The number of rotatable bonds is 4. The topological polar surface area (TPSA) is 103 Å². The molecule has 2 aromatic heterocycles. The number of carbonyl (C=O) groups is 2. The van der Waals surface area contributed by atoms with Gasteiger partial charge in [-0.25, -0.2) is 14.6 Å². The second-order valence-electron chi connectivity index (χ2n) is 7.84. The summed E-state index contributed by atoms with van der Waals surface area (Å²) in [7, 11) is 2.91. The molecule has 0 aliphatic carbocycles. The molecule has 1 aromatic carbocycles. The van der Waals surface area contributed by atoms with E-state index in [9.17, 15) is 9.59 Å². The highest BCUT2D eigenvalue weighted by molar-refractivity contribution is 7.21. The Morgan fingerprint density at radius 2 is 2.07 bits per heavy atom. The Morgan fingerprint density at radius 3 is 2.73 bits per heavy atom. The number of benzene rings is 1. The molecule has 0 radical (unpaired) electrons. The molecule has 1 amide bonds. The van der Waals surface area contributed by atoms with E-state index in [1.165, 1.54) is 18.4 Å². The lowest BCUT2D eigenvalue weighted by atomic mass is 10.1. The first kappa shape index (κ1) is 20.1. The molecule has 0 fully saturated rings. The van der Waals surface area contributed by atoms with Crippen molar-refractivity contribution in [2.45, 2.75) is 32.5 Å². The van der Waals surface area contributed by atoms with Crippen LogP contribution in [0.2, 0.25) is 0 Å². The average molecular weight is 431 g/mol. The number of ether oxygens (including phenoxy) is 3. The maximum absolute atomic E-state index is 12.4. The zero-order valence-electron chi connectivity index (χ0n) is 17.4. The van der Waals surface area contributed by atoms with Gasteiger partial charge in [0, 0.05) is 4.70 Å². The molecule has 3 heterocycles. The van der Waals surface area contributed by atoms with Gasteiger partial charge in [0.05, 0.1) is 25.3 Å². The predicted octanol–water partition coefficient (Wildman–Crippen LogP) is 2.98. The Bertz CT molecular complexity index is 1170. The van der Waals surface area contributed by atoms with Crippen molar-refractivity contribution < 1.29 is 28.4 Å². The van der Waals surface area contributed by atoms with E-state index < -0.39 is 23.8 Å². The summed E-state index contributed by atoms with van der Waals surface area (Å²) in [5.41, 5.74) is 1.65. The normalized spacial score (nSPS) is 15.2. The second-order valence-corrected chi connectivity index (χ2v) is 8.89. The van der Waals surface area contributed by atoms with Crippen molar-refractivity contribution in [3.8, 4) is 5.88 Å². The van der Waals surface area contributed by atoms with E-state index in [0.717, 1.165) is 21.1 Å². The number of alkyl carbamates (subject to hydrolysis) is 1. The van der Waals surface area contributed by atoms with Crippen molar-refractivity contribution in [3.63, 3.8) is 0 Å². The van der Waals surface area contributed by atoms with Gasteiger partial charge in [0.2, 0.25) is 17.9 Å². The monoisotopic (exact) mass is 431 g/mol. The first-order valence-corrected chi connectivity index (χ1v) is 10.2. The number of methoxy groups -OCH3 is 2. The van der Waals surface area contributed by atoms with Crippen LogP contribution in [0.5, 0.6) is 5.88 Å². The molecule has 3 aromatic rings. The number of aromatic nitrogens is 2. The number of hydrogen-bond acceptors (Lipinski definition) is 8. The molecule has 1 unspecified atom stereocenters. The summed E-state index contributed by atoms with van der Waals surface area (Å²) in [5, 5.41) is 7.05. The van der Waals surface area contributed by atoms with E-state index in [0.29, 0.717) is 16.4 Å². The fourth-order valence-corrected chi connectivity index (χ4v) is 4.53. The quantitative estimate of drug-likeness (QED) is 0.484.